The highest BCUT2D eigenvalue weighted by atomic mass is 35.5. The third-order valence-electron chi connectivity index (χ3n) is 1.80. The molecule has 0 atom stereocenters. The molecular weight excluding hydrogens is 285 g/mol. The van der Waals surface area contributed by atoms with Gasteiger partial charge in [-0.15, -0.1) is 0 Å². The molecule has 88 valence electrons. The van der Waals surface area contributed by atoms with E-state index in [9.17, 15) is 4.79 Å². The first-order chi connectivity index (χ1) is 8.06. The van der Waals surface area contributed by atoms with E-state index in [1.54, 1.807) is 18.2 Å². The lowest BCUT2D eigenvalue weighted by molar-refractivity contribution is 0.0690. The maximum absolute atomic E-state index is 10.6. The number of halogens is 2. The third-order valence-corrected chi connectivity index (χ3v) is 3.39. The number of hydrogen-bond donors (Lipinski definition) is 1. The number of carboxylic acid groups (broad SMARTS) is 1. The van der Waals surface area contributed by atoms with Crippen molar-refractivity contribution in [2.24, 2.45) is 0 Å². The Morgan fingerprint density at radius 1 is 1.35 bits per heavy atom. The summed E-state index contributed by atoms with van der Waals surface area (Å²) in [7, 11) is 0. The highest BCUT2D eigenvalue weighted by Gasteiger charge is 2.11. The molecule has 1 N–H and O–H groups in total. The van der Waals surface area contributed by atoms with Crippen molar-refractivity contribution in [3.63, 3.8) is 0 Å². The average Bonchev–Trinajstić information content (AvgIpc) is 2.72. The van der Waals surface area contributed by atoms with Crippen molar-refractivity contribution in [1.82, 2.24) is 4.98 Å². The van der Waals surface area contributed by atoms with Crippen LogP contribution < -0.4 is 0 Å². The summed E-state index contributed by atoms with van der Waals surface area (Å²) < 4.78 is 4.99. The highest BCUT2D eigenvalue weighted by Crippen LogP contribution is 2.31. The molecule has 1 aromatic heterocycles. The molecule has 1 heterocycles. The number of rotatable bonds is 3. The molecule has 4 nitrogen and oxygen atoms in total. The number of carbonyl (C=O) groups is 1. The van der Waals surface area contributed by atoms with Crippen molar-refractivity contribution in [3.05, 3.63) is 40.2 Å². The minimum absolute atomic E-state index is 0.132. The van der Waals surface area contributed by atoms with Crippen LogP contribution in [0.15, 0.2) is 39.0 Å². The number of hydrogen-bond acceptors (Lipinski definition) is 4. The van der Waals surface area contributed by atoms with Crippen LogP contribution in [0.25, 0.3) is 0 Å². The third kappa shape index (κ3) is 2.94. The second kappa shape index (κ2) is 5.00. The van der Waals surface area contributed by atoms with Gasteiger partial charge in [-0.2, -0.15) is 4.98 Å². The van der Waals surface area contributed by atoms with Crippen LogP contribution in [0, 0.1) is 0 Å². The van der Waals surface area contributed by atoms with Crippen molar-refractivity contribution in [2.45, 2.75) is 10.1 Å². The van der Waals surface area contributed by atoms with Gasteiger partial charge >= 0.3 is 5.97 Å². The summed E-state index contributed by atoms with van der Waals surface area (Å²) in [6.45, 7) is 0. The van der Waals surface area contributed by atoms with Gasteiger partial charge in [0.2, 0.25) is 0 Å². The molecule has 0 aliphatic carbocycles. The number of oxazole rings is 1. The van der Waals surface area contributed by atoms with Crippen LogP contribution in [-0.4, -0.2) is 16.1 Å². The number of aromatic nitrogens is 1. The first-order valence-electron chi connectivity index (χ1n) is 4.38. The highest BCUT2D eigenvalue weighted by molar-refractivity contribution is 7.99. The second-order valence-corrected chi connectivity index (χ2v) is 4.82. The van der Waals surface area contributed by atoms with Crippen LogP contribution in [0.1, 0.15) is 10.5 Å². The van der Waals surface area contributed by atoms with Crippen LogP contribution in [0.3, 0.4) is 0 Å². The lowest BCUT2D eigenvalue weighted by atomic mass is 10.4. The summed E-state index contributed by atoms with van der Waals surface area (Å²) in [6, 6.07) is 5.04. The Balaban J connectivity index is 2.19. The molecule has 2 aromatic rings. The second-order valence-electron chi connectivity index (χ2n) is 2.98. The molecule has 0 saturated heterocycles. The normalized spacial score (nSPS) is 10.5. The molecule has 17 heavy (non-hydrogen) atoms. The average molecular weight is 290 g/mol. The van der Waals surface area contributed by atoms with Crippen LogP contribution in [0.4, 0.5) is 0 Å². The zero-order valence-electron chi connectivity index (χ0n) is 8.18. The standard InChI is InChI=1S/C10H5Cl2NO3S/c11-6-2-1-5(3-7(6)12)17-10-13-8(4-16-10)9(14)15/h1-4H,(H,14,15). The summed E-state index contributed by atoms with van der Waals surface area (Å²) in [5, 5.41) is 9.78. The van der Waals surface area contributed by atoms with E-state index in [1.807, 2.05) is 0 Å². The Bertz CT molecular complexity index is 570. The zero-order valence-corrected chi connectivity index (χ0v) is 10.5. The summed E-state index contributed by atoms with van der Waals surface area (Å²) in [5.41, 5.74) is -0.132. The number of benzene rings is 1. The molecule has 0 radical (unpaired) electrons. The molecule has 1 aromatic carbocycles. The molecule has 0 saturated carbocycles. The van der Waals surface area contributed by atoms with E-state index < -0.39 is 5.97 Å². The van der Waals surface area contributed by atoms with Gasteiger partial charge < -0.3 is 9.52 Å². The predicted octanol–water partition coefficient (Wildman–Crippen LogP) is 3.83. The molecule has 0 aliphatic heterocycles. The topological polar surface area (TPSA) is 63.3 Å². The number of carboxylic acids is 1. The van der Waals surface area contributed by atoms with Crippen LogP contribution >= 0.6 is 35.0 Å². The minimum Gasteiger partial charge on any atom is -0.476 e. The molecule has 0 fully saturated rings. The largest absolute Gasteiger partial charge is 0.476 e. The first-order valence-corrected chi connectivity index (χ1v) is 5.95. The van der Waals surface area contributed by atoms with Gasteiger partial charge in [0.15, 0.2) is 5.69 Å². The molecule has 0 amide bonds. The van der Waals surface area contributed by atoms with Crippen LogP contribution in [-0.2, 0) is 0 Å². The monoisotopic (exact) mass is 289 g/mol. The minimum atomic E-state index is -1.13. The van der Waals surface area contributed by atoms with Gasteiger partial charge in [0.05, 0.1) is 10.0 Å². The molecular formula is C10H5Cl2NO3S. The Labute approximate surface area is 111 Å². The first kappa shape index (κ1) is 12.3. The fourth-order valence-electron chi connectivity index (χ4n) is 1.04. The van der Waals surface area contributed by atoms with Gasteiger partial charge in [0.1, 0.15) is 6.26 Å². The van der Waals surface area contributed by atoms with Crippen molar-refractivity contribution in [2.75, 3.05) is 0 Å². The Hall–Kier alpha value is -1.17. The summed E-state index contributed by atoms with van der Waals surface area (Å²) in [4.78, 5) is 15.1. The molecule has 0 bridgehead atoms. The van der Waals surface area contributed by atoms with E-state index in [4.69, 9.17) is 32.7 Å². The summed E-state index contributed by atoms with van der Waals surface area (Å²) in [5.74, 6) is -1.13. The van der Waals surface area contributed by atoms with Crippen molar-refractivity contribution in [3.8, 4) is 0 Å². The Kier molecular flexibility index (Phi) is 3.61. The molecule has 0 spiro atoms. The van der Waals surface area contributed by atoms with E-state index in [-0.39, 0.29) is 10.9 Å². The van der Waals surface area contributed by atoms with E-state index in [1.165, 1.54) is 0 Å². The van der Waals surface area contributed by atoms with Gasteiger partial charge in [-0.1, -0.05) is 23.2 Å². The smallest absolute Gasteiger partial charge is 0.357 e. The van der Waals surface area contributed by atoms with Gasteiger partial charge in [0, 0.05) is 4.90 Å². The summed E-state index contributed by atoms with van der Waals surface area (Å²) in [6.07, 6.45) is 1.09. The van der Waals surface area contributed by atoms with E-state index in [0.29, 0.717) is 10.0 Å². The fraction of sp³-hybridized carbons (Fsp3) is 0. The quantitative estimate of drug-likeness (QED) is 0.930. The number of aromatic carboxylic acids is 1. The molecule has 0 aliphatic rings. The predicted molar refractivity (Wildman–Crippen MR) is 64.0 cm³/mol. The lowest BCUT2D eigenvalue weighted by Crippen LogP contribution is -1.95. The fourth-order valence-corrected chi connectivity index (χ4v) is 2.16. The maximum atomic E-state index is 10.6. The van der Waals surface area contributed by atoms with Crippen LogP contribution in [0.5, 0.6) is 0 Å². The van der Waals surface area contributed by atoms with Gasteiger partial charge in [-0.05, 0) is 30.0 Å². The van der Waals surface area contributed by atoms with Gasteiger partial charge in [0.25, 0.3) is 5.22 Å². The van der Waals surface area contributed by atoms with Gasteiger partial charge in [-0.3, -0.25) is 0 Å². The van der Waals surface area contributed by atoms with Crippen molar-refractivity contribution >= 4 is 40.9 Å². The Morgan fingerprint density at radius 2 is 2.12 bits per heavy atom. The number of nitrogens with zero attached hydrogens (tertiary/aromatic N) is 1. The van der Waals surface area contributed by atoms with Crippen LogP contribution in [0.2, 0.25) is 10.0 Å². The van der Waals surface area contributed by atoms with Crippen molar-refractivity contribution < 1.29 is 14.3 Å². The zero-order chi connectivity index (χ0) is 12.4. The Morgan fingerprint density at radius 3 is 2.71 bits per heavy atom. The molecule has 2 rings (SSSR count). The summed E-state index contributed by atoms with van der Waals surface area (Å²) >= 11 is 12.8. The van der Waals surface area contributed by atoms with E-state index >= 15 is 0 Å². The SMILES string of the molecule is O=C(O)c1coc(Sc2ccc(Cl)c(Cl)c2)n1. The van der Waals surface area contributed by atoms with E-state index in [0.717, 1.165) is 22.9 Å². The van der Waals surface area contributed by atoms with E-state index in [2.05, 4.69) is 4.98 Å². The maximum Gasteiger partial charge on any atom is 0.357 e. The van der Waals surface area contributed by atoms with Gasteiger partial charge in [-0.25, -0.2) is 4.79 Å². The molecule has 0 unspecified atom stereocenters. The van der Waals surface area contributed by atoms with Crippen molar-refractivity contribution in [1.29, 1.82) is 0 Å². The molecule has 7 heteroatoms. The lowest BCUT2D eigenvalue weighted by Gasteiger charge is -1.99.